The maximum atomic E-state index is 11.0. The maximum absolute atomic E-state index is 11.0. The Morgan fingerprint density at radius 1 is 1.30 bits per heavy atom. The van der Waals surface area contributed by atoms with Gasteiger partial charge in [0, 0.05) is 5.92 Å². The molecule has 23 heavy (non-hydrogen) atoms. The molecule has 0 heterocycles. The van der Waals surface area contributed by atoms with E-state index in [0.29, 0.717) is 0 Å². The van der Waals surface area contributed by atoms with Gasteiger partial charge in [-0.15, -0.1) is 0 Å². The summed E-state index contributed by atoms with van der Waals surface area (Å²) < 4.78 is 5.43. The van der Waals surface area contributed by atoms with Crippen LogP contribution in [0.3, 0.4) is 0 Å². The van der Waals surface area contributed by atoms with Crippen LogP contribution >= 0.6 is 0 Å². The van der Waals surface area contributed by atoms with Gasteiger partial charge in [0.05, 0.1) is 25.2 Å². The summed E-state index contributed by atoms with van der Waals surface area (Å²) in [6.45, 7) is 2.14. The molecule has 1 aliphatic rings. The molecule has 5 heteroatoms. The van der Waals surface area contributed by atoms with Gasteiger partial charge >= 0.3 is 11.9 Å². The molecule has 5 nitrogen and oxygen atoms in total. The lowest BCUT2D eigenvalue weighted by Crippen LogP contribution is -2.19. The normalized spacial score (nSPS) is 17.6. The van der Waals surface area contributed by atoms with Crippen molar-refractivity contribution in [2.24, 2.45) is 5.92 Å². The third-order valence-electron chi connectivity index (χ3n) is 3.91. The first-order valence-corrected chi connectivity index (χ1v) is 7.49. The van der Waals surface area contributed by atoms with Crippen LogP contribution in [0.1, 0.15) is 36.8 Å². The van der Waals surface area contributed by atoms with E-state index in [1.807, 2.05) is 19.1 Å². The number of carboxylic acid groups (broad SMARTS) is 2. The standard InChI is InChI=1S/C18H20O5/c1-12(15-7-6-13-4-2-3-5-16(13)15)11-23-9-8-14(18(21)22)10-17(19)20/h2-7,11,14-15H,8-10H2,1H3,(H,19,20)(H,21,22). The number of hydrogen-bond donors (Lipinski definition) is 2. The molecule has 2 N–H and O–H groups in total. The minimum Gasteiger partial charge on any atom is -0.501 e. The number of rotatable bonds is 8. The summed E-state index contributed by atoms with van der Waals surface area (Å²) in [6, 6.07) is 8.12. The summed E-state index contributed by atoms with van der Waals surface area (Å²) >= 11 is 0. The molecule has 2 rings (SSSR count). The number of hydrogen-bond acceptors (Lipinski definition) is 3. The van der Waals surface area contributed by atoms with Crippen LogP contribution < -0.4 is 0 Å². The van der Waals surface area contributed by atoms with Crippen molar-refractivity contribution in [2.75, 3.05) is 6.61 Å². The smallest absolute Gasteiger partial charge is 0.307 e. The molecule has 0 aliphatic heterocycles. The van der Waals surface area contributed by atoms with Gasteiger partial charge in [0.25, 0.3) is 0 Å². The van der Waals surface area contributed by atoms with Gasteiger partial charge in [-0.2, -0.15) is 0 Å². The first kappa shape index (κ1) is 16.8. The predicted molar refractivity (Wildman–Crippen MR) is 85.9 cm³/mol. The molecule has 2 atom stereocenters. The van der Waals surface area contributed by atoms with Crippen LogP contribution in [-0.2, 0) is 14.3 Å². The van der Waals surface area contributed by atoms with Crippen molar-refractivity contribution in [1.82, 2.24) is 0 Å². The van der Waals surface area contributed by atoms with Gasteiger partial charge in [-0.3, -0.25) is 9.59 Å². The summed E-state index contributed by atoms with van der Waals surface area (Å²) in [6.07, 6.45) is 5.59. The number of allylic oxidation sites excluding steroid dienone is 2. The van der Waals surface area contributed by atoms with E-state index in [2.05, 4.69) is 24.3 Å². The molecule has 122 valence electrons. The molecule has 0 bridgehead atoms. The van der Waals surface area contributed by atoms with Crippen LogP contribution in [0.25, 0.3) is 6.08 Å². The van der Waals surface area contributed by atoms with Gasteiger partial charge in [-0.1, -0.05) is 36.4 Å². The second-order valence-electron chi connectivity index (χ2n) is 5.62. The molecule has 0 aromatic heterocycles. The van der Waals surface area contributed by atoms with E-state index in [4.69, 9.17) is 14.9 Å². The van der Waals surface area contributed by atoms with Gasteiger partial charge in [0.2, 0.25) is 0 Å². The zero-order chi connectivity index (χ0) is 16.8. The molecule has 0 saturated heterocycles. The zero-order valence-electron chi connectivity index (χ0n) is 12.9. The molecule has 0 fully saturated rings. The van der Waals surface area contributed by atoms with Crippen molar-refractivity contribution in [3.63, 3.8) is 0 Å². The van der Waals surface area contributed by atoms with Gasteiger partial charge in [0.15, 0.2) is 0 Å². The van der Waals surface area contributed by atoms with E-state index in [1.165, 1.54) is 11.1 Å². The van der Waals surface area contributed by atoms with Crippen LogP contribution in [0.4, 0.5) is 0 Å². The third-order valence-corrected chi connectivity index (χ3v) is 3.91. The zero-order valence-corrected chi connectivity index (χ0v) is 12.9. The van der Waals surface area contributed by atoms with Crippen LogP contribution in [0.5, 0.6) is 0 Å². The Balaban J connectivity index is 1.88. The highest BCUT2D eigenvalue weighted by Crippen LogP contribution is 2.34. The third kappa shape index (κ3) is 4.45. The van der Waals surface area contributed by atoms with Crippen LogP contribution in [0.15, 0.2) is 42.2 Å². The number of aliphatic carboxylic acids is 2. The van der Waals surface area contributed by atoms with E-state index in [9.17, 15) is 9.59 Å². The number of fused-ring (bicyclic) bond motifs is 1. The Hall–Kier alpha value is -2.56. The van der Waals surface area contributed by atoms with Crippen LogP contribution in [0.2, 0.25) is 0 Å². The van der Waals surface area contributed by atoms with E-state index < -0.39 is 17.9 Å². The van der Waals surface area contributed by atoms with Gasteiger partial charge in [0.1, 0.15) is 0 Å². The Morgan fingerprint density at radius 3 is 2.74 bits per heavy atom. The molecule has 0 saturated carbocycles. The largest absolute Gasteiger partial charge is 0.501 e. The monoisotopic (exact) mass is 316 g/mol. The summed E-state index contributed by atoms with van der Waals surface area (Å²) in [5, 5.41) is 17.7. The molecule has 2 unspecified atom stereocenters. The van der Waals surface area contributed by atoms with Crippen molar-refractivity contribution in [1.29, 1.82) is 0 Å². The molecule has 1 aromatic rings. The number of carboxylic acids is 2. The highest BCUT2D eigenvalue weighted by molar-refractivity contribution is 5.77. The lowest BCUT2D eigenvalue weighted by atomic mass is 9.95. The minimum atomic E-state index is -1.11. The Labute approximate surface area is 134 Å². The first-order chi connectivity index (χ1) is 11.0. The molecular weight excluding hydrogens is 296 g/mol. The summed E-state index contributed by atoms with van der Waals surface area (Å²) in [5.74, 6) is -2.98. The van der Waals surface area contributed by atoms with Crippen molar-refractivity contribution < 1.29 is 24.5 Å². The summed E-state index contributed by atoms with van der Waals surface area (Å²) in [5.41, 5.74) is 3.44. The molecule has 1 aliphatic carbocycles. The lowest BCUT2D eigenvalue weighted by molar-refractivity contribution is -0.148. The molecule has 0 amide bonds. The maximum Gasteiger partial charge on any atom is 0.307 e. The van der Waals surface area contributed by atoms with Crippen molar-refractivity contribution in [3.8, 4) is 0 Å². The topological polar surface area (TPSA) is 83.8 Å². The molecule has 0 spiro atoms. The van der Waals surface area contributed by atoms with Crippen molar-refractivity contribution >= 4 is 18.0 Å². The Bertz CT molecular complexity index is 645. The molecule has 0 radical (unpaired) electrons. The summed E-state index contributed by atoms with van der Waals surface area (Å²) in [7, 11) is 0. The Kier molecular flexibility index (Phi) is 5.57. The number of ether oxygens (including phenoxy) is 1. The molecular formula is C18H20O5. The van der Waals surface area contributed by atoms with E-state index >= 15 is 0 Å². The van der Waals surface area contributed by atoms with Gasteiger partial charge < -0.3 is 14.9 Å². The predicted octanol–water partition coefficient (Wildman–Crippen LogP) is 3.28. The highest BCUT2D eigenvalue weighted by atomic mass is 16.5. The Morgan fingerprint density at radius 2 is 2.04 bits per heavy atom. The first-order valence-electron chi connectivity index (χ1n) is 7.49. The van der Waals surface area contributed by atoms with Crippen LogP contribution in [-0.4, -0.2) is 28.8 Å². The summed E-state index contributed by atoms with van der Waals surface area (Å²) in [4.78, 5) is 21.6. The second-order valence-corrected chi connectivity index (χ2v) is 5.62. The van der Waals surface area contributed by atoms with Crippen LogP contribution in [0, 0.1) is 5.92 Å². The van der Waals surface area contributed by atoms with E-state index in [0.717, 1.165) is 5.57 Å². The average molecular weight is 316 g/mol. The SMILES string of the molecule is CC(=COCCC(CC(=O)O)C(=O)O)C1C=Cc2ccccc21. The fourth-order valence-corrected chi connectivity index (χ4v) is 2.64. The van der Waals surface area contributed by atoms with Gasteiger partial charge in [-0.25, -0.2) is 0 Å². The van der Waals surface area contributed by atoms with E-state index in [-0.39, 0.29) is 25.4 Å². The number of benzene rings is 1. The average Bonchev–Trinajstić information content (AvgIpc) is 2.93. The fraction of sp³-hybridized carbons (Fsp3) is 0.333. The minimum absolute atomic E-state index is 0.167. The van der Waals surface area contributed by atoms with Crippen molar-refractivity contribution in [2.45, 2.75) is 25.7 Å². The van der Waals surface area contributed by atoms with E-state index in [1.54, 1.807) is 6.26 Å². The highest BCUT2D eigenvalue weighted by Gasteiger charge is 2.21. The van der Waals surface area contributed by atoms with Crippen molar-refractivity contribution in [3.05, 3.63) is 53.3 Å². The fourth-order valence-electron chi connectivity index (χ4n) is 2.64. The van der Waals surface area contributed by atoms with Gasteiger partial charge in [-0.05, 0) is 30.0 Å². The molecule has 1 aromatic carbocycles. The lowest BCUT2D eigenvalue weighted by Gasteiger charge is -2.13. The quantitative estimate of drug-likeness (QED) is 0.568. The number of carbonyl (C=O) groups is 2. The second kappa shape index (κ2) is 7.63.